The lowest BCUT2D eigenvalue weighted by molar-refractivity contribution is -0.144. The molecule has 0 spiro atoms. The SMILES string of the molecule is CCOC(=O)c1sc2cccc(F)c2c1COC(=O)Cc1ccsc1. The van der Waals surface area contributed by atoms with E-state index in [1.807, 2.05) is 16.8 Å². The topological polar surface area (TPSA) is 52.6 Å². The summed E-state index contributed by atoms with van der Waals surface area (Å²) in [5.41, 5.74) is 1.22. The summed E-state index contributed by atoms with van der Waals surface area (Å²) in [7, 11) is 0. The molecule has 0 aliphatic carbocycles. The molecular weight excluding hydrogens is 363 g/mol. The van der Waals surface area contributed by atoms with Crippen molar-refractivity contribution in [2.75, 3.05) is 6.61 Å². The average molecular weight is 378 g/mol. The molecule has 0 unspecified atom stereocenters. The third-order valence-electron chi connectivity index (χ3n) is 3.53. The van der Waals surface area contributed by atoms with E-state index in [0.717, 1.165) is 16.9 Å². The maximum Gasteiger partial charge on any atom is 0.348 e. The average Bonchev–Trinajstić information content (AvgIpc) is 3.21. The normalized spacial score (nSPS) is 10.8. The van der Waals surface area contributed by atoms with Crippen molar-refractivity contribution in [3.05, 3.63) is 56.8 Å². The molecule has 0 aliphatic heterocycles. The molecule has 130 valence electrons. The Labute approximate surface area is 151 Å². The molecule has 0 saturated carbocycles. The van der Waals surface area contributed by atoms with E-state index in [4.69, 9.17) is 9.47 Å². The summed E-state index contributed by atoms with van der Waals surface area (Å²) in [4.78, 5) is 24.5. The maximum absolute atomic E-state index is 14.3. The van der Waals surface area contributed by atoms with Gasteiger partial charge in [0, 0.05) is 15.6 Å². The van der Waals surface area contributed by atoms with Crippen LogP contribution < -0.4 is 0 Å². The van der Waals surface area contributed by atoms with Crippen molar-refractivity contribution < 1.29 is 23.5 Å². The zero-order valence-corrected chi connectivity index (χ0v) is 15.0. The van der Waals surface area contributed by atoms with Gasteiger partial charge in [0.1, 0.15) is 17.3 Å². The van der Waals surface area contributed by atoms with E-state index >= 15 is 0 Å². The van der Waals surface area contributed by atoms with E-state index in [1.165, 1.54) is 17.4 Å². The monoisotopic (exact) mass is 378 g/mol. The zero-order valence-electron chi connectivity index (χ0n) is 13.4. The van der Waals surface area contributed by atoms with Gasteiger partial charge >= 0.3 is 11.9 Å². The number of hydrogen-bond donors (Lipinski definition) is 0. The molecule has 2 aromatic heterocycles. The van der Waals surface area contributed by atoms with Crippen LogP contribution in [0.15, 0.2) is 35.0 Å². The minimum Gasteiger partial charge on any atom is -0.462 e. The molecule has 0 bridgehead atoms. The molecule has 3 rings (SSSR count). The van der Waals surface area contributed by atoms with Gasteiger partial charge in [-0.2, -0.15) is 11.3 Å². The van der Waals surface area contributed by atoms with Crippen molar-refractivity contribution in [3.63, 3.8) is 0 Å². The Morgan fingerprint density at radius 1 is 1.20 bits per heavy atom. The molecule has 3 aromatic rings. The van der Waals surface area contributed by atoms with Gasteiger partial charge in [-0.15, -0.1) is 11.3 Å². The molecule has 0 N–H and O–H groups in total. The van der Waals surface area contributed by atoms with Crippen LogP contribution in [-0.4, -0.2) is 18.5 Å². The second-order valence-electron chi connectivity index (χ2n) is 5.21. The minimum absolute atomic E-state index is 0.142. The molecule has 0 radical (unpaired) electrons. The number of ether oxygens (including phenoxy) is 2. The molecule has 2 heterocycles. The summed E-state index contributed by atoms with van der Waals surface area (Å²) in [6.07, 6.45) is 0.142. The highest BCUT2D eigenvalue weighted by molar-refractivity contribution is 7.21. The molecule has 7 heteroatoms. The van der Waals surface area contributed by atoms with Crippen LogP contribution in [0.4, 0.5) is 4.39 Å². The number of benzene rings is 1. The van der Waals surface area contributed by atoms with Crippen molar-refractivity contribution in [2.45, 2.75) is 20.0 Å². The van der Waals surface area contributed by atoms with Gasteiger partial charge in [0.25, 0.3) is 0 Å². The fraction of sp³-hybridized carbons (Fsp3) is 0.222. The fourth-order valence-corrected chi connectivity index (χ4v) is 4.21. The summed E-state index contributed by atoms with van der Waals surface area (Å²) in [5, 5.41) is 4.05. The van der Waals surface area contributed by atoms with Gasteiger partial charge < -0.3 is 9.47 Å². The lowest BCUT2D eigenvalue weighted by atomic mass is 10.1. The first-order chi connectivity index (χ1) is 12.1. The van der Waals surface area contributed by atoms with Gasteiger partial charge in [0.2, 0.25) is 0 Å². The smallest absolute Gasteiger partial charge is 0.348 e. The summed E-state index contributed by atoms with van der Waals surface area (Å²) < 4.78 is 25.2. The molecule has 25 heavy (non-hydrogen) atoms. The molecule has 0 aliphatic rings. The van der Waals surface area contributed by atoms with Crippen LogP contribution >= 0.6 is 22.7 Å². The lowest BCUT2D eigenvalue weighted by Crippen LogP contribution is -2.10. The van der Waals surface area contributed by atoms with E-state index < -0.39 is 17.8 Å². The van der Waals surface area contributed by atoms with E-state index in [9.17, 15) is 14.0 Å². The van der Waals surface area contributed by atoms with E-state index in [0.29, 0.717) is 15.6 Å². The molecule has 0 saturated heterocycles. The lowest BCUT2D eigenvalue weighted by Gasteiger charge is -2.07. The quantitative estimate of drug-likeness (QED) is 0.590. The minimum atomic E-state index is -0.535. The van der Waals surface area contributed by atoms with Gasteiger partial charge in [-0.3, -0.25) is 4.79 Å². The zero-order chi connectivity index (χ0) is 17.8. The molecule has 0 fully saturated rings. The van der Waals surface area contributed by atoms with E-state index in [2.05, 4.69) is 0 Å². The predicted octanol–water partition coefficient (Wildman–Crippen LogP) is 4.56. The highest BCUT2D eigenvalue weighted by atomic mass is 32.1. The summed E-state index contributed by atoms with van der Waals surface area (Å²) in [6, 6.07) is 6.47. The van der Waals surface area contributed by atoms with E-state index in [1.54, 1.807) is 19.1 Å². The third-order valence-corrected chi connectivity index (χ3v) is 5.44. The van der Waals surface area contributed by atoms with Crippen LogP contribution in [0.3, 0.4) is 0 Å². The number of carbonyl (C=O) groups is 2. The number of rotatable bonds is 6. The Hall–Kier alpha value is -2.25. The Morgan fingerprint density at radius 2 is 2.04 bits per heavy atom. The number of hydrogen-bond acceptors (Lipinski definition) is 6. The first kappa shape index (κ1) is 17.6. The van der Waals surface area contributed by atoms with Crippen LogP contribution in [0.5, 0.6) is 0 Å². The Balaban J connectivity index is 1.86. The standard InChI is InChI=1S/C18H15FO4S2/c1-2-22-18(21)17-12(16-13(19)4-3-5-14(16)25-17)9-23-15(20)8-11-6-7-24-10-11/h3-7,10H,2,8-9H2,1H3. The van der Waals surface area contributed by atoms with Crippen LogP contribution in [0.25, 0.3) is 10.1 Å². The van der Waals surface area contributed by atoms with Crippen LogP contribution in [0.2, 0.25) is 0 Å². The van der Waals surface area contributed by atoms with Crippen molar-refractivity contribution in [1.29, 1.82) is 0 Å². The first-order valence-electron chi connectivity index (χ1n) is 7.63. The Bertz CT molecular complexity index is 899. The van der Waals surface area contributed by atoms with E-state index in [-0.39, 0.29) is 24.5 Å². The predicted molar refractivity (Wildman–Crippen MR) is 95.6 cm³/mol. The highest BCUT2D eigenvalue weighted by Crippen LogP contribution is 2.34. The molecule has 0 amide bonds. The summed E-state index contributed by atoms with van der Waals surface area (Å²) >= 11 is 2.64. The van der Waals surface area contributed by atoms with Crippen molar-refractivity contribution >= 4 is 44.7 Å². The van der Waals surface area contributed by atoms with Gasteiger partial charge in [-0.05, 0) is 41.4 Å². The third kappa shape index (κ3) is 3.88. The first-order valence-corrected chi connectivity index (χ1v) is 9.39. The van der Waals surface area contributed by atoms with Crippen LogP contribution in [0.1, 0.15) is 27.7 Å². The number of thiophene rings is 2. The second kappa shape index (κ2) is 7.76. The van der Waals surface area contributed by atoms with Crippen molar-refractivity contribution in [3.8, 4) is 0 Å². The largest absolute Gasteiger partial charge is 0.462 e. The number of fused-ring (bicyclic) bond motifs is 1. The van der Waals surface area contributed by atoms with Gasteiger partial charge in [0.05, 0.1) is 13.0 Å². The number of halogens is 1. The van der Waals surface area contributed by atoms with Gasteiger partial charge in [-0.25, -0.2) is 9.18 Å². The van der Waals surface area contributed by atoms with Crippen LogP contribution in [0, 0.1) is 5.82 Å². The molecular formula is C18H15FO4S2. The Morgan fingerprint density at radius 3 is 2.76 bits per heavy atom. The van der Waals surface area contributed by atoms with Crippen molar-refractivity contribution in [1.82, 2.24) is 0 Å². The van der Waals surface area contributed by atoms with Crippen LogP contribution in [-0.2, 0) is 27.3 Å². The Kier molecular flexibility index (Phi) is 5.45. The fourth-order valence-electron chi connectivity index (χ4n) is 2.43. The van der Waals surface area contributed by atoms with Crippen molar-refractivity contribution in [2.24, 2.45) is 0 Å². The number of esters is 2. The molecule has 0 atom stereocenters. The molecule has 4 nitrogen and oxygen atoms in total. The number of carbonyl (C=O) groups excluding carboxylic acids is 2. The second-order valence-corrected chi connectivity index (χ2v) is 7.04. The summed E-state index contributed by atoms with van der Waals surface area (Å²) in [6.45, 7) is 1.75. The maximum atomic E-state index is 14.3. The molecule has 1 aromatic carbocycles. The van der Waals surface area contributed by atoms with Gasteiger partial charge in [0.15, 0.2) is 0 Å². The van der Waals surface area contributed by atoms with Gasteiger partial charge in [-0.1, -0.05) is 6.07 Å². The highest BCUT2D eigenvalue weighted by Gasteiger charge is 2.22. The summed E-state index contributed by atoms with van der Waals surface area (Å²) in [5.74, 6) is -1.41.